The van der Waals surface area contributed by atoms with Gasteiger partial charge < -0.3 is 14.4 Å². The first-order valence-corrected chi connectivity index (χ1v) is 7.52. The Kier molecular flexibility index (Phi) is 8.07. The molecule has 1 fully saturated rings. The lowest BCUT2D eigenvalue weighted by atomic mass is 10.1. The van der Waals surface area contributed by atoms with E-state index in [0.29, 0.717) is 12.5 Å². The Bertz CT molecular complexity index is 250. The molecule has 0 N–H and O–H groups in total. The lowest BCUT2D eigenvalue weighted by Crippen LogP contribution is -2.35. The van der Waals surface area contributed by atoms with Crippen molar-refractivity contribution in [2.45, 2.75) is 52.1 Å². The van der Waals surface area contributed by atoms with E-state index in [1.165, 1.54) is 26.4 Å². The number of hydrogen-bond donors (Lipinski definition) is 0. The quantitative estimate of drug-likeness (QED) is 0.604. The third-order valence-electron chi connectivity index (χ3n) is 3.60. The molecule has 19 heavy (non-hydrogen) atoms. The van der Waals surface area contributed by atoms with Gasteiger partial charge in [-0.05, 0) is 38.1 Å². The molecule has 0 aromatic heterocycles. The van der Waals surface area contributed by atoms with Gasteiger partial charge in [0.15, 0.2) is 0 Å². The Labute approximate surface area is 117 Å². The summed E-state index contributed by atoms with van der Waals surface area (Å²) in [5.41, 5.74) is 0. The van der Waals surface area contributed by atoms with Crippen LogP contribution in [0.2, 0.25) is 0 Å². The number of hydrogen-bond acceptors (Lipinski definition) is 4. The summed E-state index contributed by atoms with van der Waals surface area (Å²) in [7, 11) is 1.45. The zero-order valence-electron chi connectivity index (χ0n) is 12.7. The van der Waals surface area contributed by atoms with Crippen LogP contribution < -0.4 is 0 Å². The van der Waals surface area contributed by atoms with E-state index >= 15 is 0 Å². The molecule has 1 saturated heterocycles. The number of carbonyl (C=O) groups is 1. The molecule has 0 amide bonds. The van der Waals surface area contributed by atoms with Crippen molar-refractivity contribution in [1.29, 1.82) is 0 Å². The second-order valence-electron chi connectivity index (χ2n) is 5.80. The fourth-order valence-corrected chi connectivity index (χ4v) is 2.45. The maximum atomic E-state index is 11.3. The van der Waals surface area contributed by atoms with Crippen LogP contribution in [0.1, 0.15) is 46.0 Å². The van der Waals surface area contributed by atoms with Crippen molar-refractivity contribution < 1.29 is 14.3 Å². The highest BCUT2D eigenvalue weighted by molar-refractivity contribution is 5.69. The summed E-state index contributed by atoms with van der Waals surface area (Å²) < 4.78 is 10.4. The minimum Gasteiger partial charge on any atom is -0.469 e. The largest absolute Gasteiger partial charge is 0.469 e. The van der Waals surface area contributed by atoms with Gasteiger partial charge in [-0.1, -0.05) is 13.8 Å². The second kappa shape index (κ2) is 9.32. The molecule has 4 heteroatoms. The highest BCUT2D eigenvalue weighted by Gasteiger charge is 2.19. The van der Waals surface area contributed by atoms with E-state index in [-0.39, 0.29) is 5.97 Å². The third kappa shape index (κ3) is 7.53. The Morgan fingerprint density at radius 3 is 2.79 bits per heavy atom. The van der Waals surface area contributed by atoms with E-state index in [1.807, 2.05) is 0 Å². The lowest BCUT2D eigenvalue weighted by molar-refractivity contribution is -0.141. The third-order valence-corrected chi connectivity index (χ3v) is 3.60. The maximum Gasteiger partial charge on any atom is 0.306 e. The highest BCUT2D eigenvalue weighted by atomic mass is 16.5. The lowest BCUT2D eigenvalue weighted by Gasteiger charge is -2.25. The van der Waals surface area contributed by atoms with E-state index in [0.717, 1.165) is 38.6 Å². The predicted octanol–water partition coefficient (Wildman–Crippen LogP) is 2.47. The van der Waals surface area contributed by atoms with Gasteiger partial charge in [0.2, 0.25) is 0 Å². The normalized spacial score (nSPS) is 19.3. The van der Waals surface area contributed by atoms with Crippen LogP contribution in [0.25, 0.3) is 0 Å². The molecular weight excluding hydrogens is 242 g/mol. The molecule has 0 aromatic carbocycles. The van der Waals surface area contributed by atoms with E-state index < -0.39 is 0 Å². The number of carbonyl (C=O) groups excluding carboxylic acids is 1. The van der Waals surface area contributed by atoms with Crippen LogP contribution in [0.5, 0.6) is 0 Å². The van der Waals surface area contributed by atoms with Crippen molar-refractivity contribution in [3.63, 3.8) is 0 Å². The number of esters is 1. The Morgan fingerprint density at radius 1 is 1.42 bits per heavy atom. The van der Waals surface area contributed by atoms with Crippen LogP contribution >= 0.6 is 0 Å². The van der Waals surface area contributed by atoms with Gasteiger partial charge in [-0.15, -0.1) is 0 Å². The van der Waals surface area contributed by atoms with Crippen molar-refractivity contribution in [2.24, 2.45) is 5.92 Å². The van der Waals surface area contributed by atoms with E-state index in [9.17, 15) is 4.79 Å². The molecule has 0 aliphatic carbocycles. The van der Waals surface area contributed by atoms with Crippen molar-refractivity contribution in [1.82, 2.24) is 4.90 Å². The molecule has 0 radical (unpaired) electrons. The van der Waals surface area contributed by atoms with Gasteiger partial charge >= 0.3 is 5.97 Å². The summed E-state index contributed by atoms with van der Waals surface area (Å²) in [6, 6.07) is 0. The summed E-state index contributed by atoms with van der Waals surface area (Å²) in [5.74, 6) is 0.617. The first-order chi connectivity index (χ1) is 9.11. The first kappa shape index (κ1) is 16.4. The van der Waals surface area contributed by atoms with E-state index in [2.05, 4.69) is 18.7 Å². The molecular formula is C15H29NO3. The zero-order chi connectivity index (χ0) is 14.1. The number of nitrogens with zero attached hydrogens (tertiary/aromatic N) is 1. The van der Waals surface area contributed by atoms with Crippen molar-refractivity contribution in [3.05, 3.63) is 0 Å². The molecule has 1 heterocycles. The minimum atomic E-state index is -0.124. The highest BCUT2D eigenvalue weighted by Crippen LogP contribution is 2.14. The molecule has 1 rings (SSSR count). The molecule has 0 saturated carbocycles. The zero-order valence-corrected chi connectivity index (χ0v) is 12.7. The van der Waals surface area contributed by atoms with Gasteiger partial charge in [-0.25, -0.2) is 0 Å². The minimum absolute atomic E-state index is 0.124. The summed E-state index contributed by atoms with van der Waals surface area (Å²) in [6.45, 7) is 8.17. The van der Waals surface area contributed by atoms with Gasteiger partial charge in [-0.3, -0.25) is 4.79 Å². The molecule has 112 valence electrons. The van der Waals surface area contributed by atoms with Crippen LogP contribution in [-0.4, -0.2) is 50.3 Å². The SMILES string of the molecule is COC(=O)CCN(CCCC(C)C)CC1CCCO1. The topological polar surface area (TPSA) is 38.8 Å². The standard InChI is InChI=1S/C15H29NO3/c1-13(2)6-4-9-16(10-8-15(17)18-3)12-14-7-5-11-19-14/h13-14H,4-12H2,1-3H3. The number of ether oxygens (including phenoxy) is 2. The van der Waals surface area contributed by atoms with Gasteiger partial charge in [-0.2, -0.15) is 0 Å². The van der Waals surface area contributed by atoms with Crippen molar-refractivity contribution >= 4 is 5.97 Å². The maximum absolute atomic E-state index is 11.3. The fraction of sp³-hybridized carbons (Fsp3) is 0.933. The van der Waals surface area contributed by atoms with Crippen molar-refractivity contribution in [2.75, 3.05) is 33.4 Å². The van der Waals surface area contributed by atoms with Crippen LogP contribution in [0.3, 0.4) is 0 Å². The summed E-state index contributed by atoms with van der Waals surface area (Å²) in [6.07, 6.45) is 5.58. The Balaban J connectivity index is 2.30. The average Bonchev–Trinajstić information content (AvgIpc) is 2.87. The molecule has 1 aliphatic heterocycles. The van der Waals surface area contributed by atoms with Crippen LogP contribution in [0.4, 0.5) is 0 Å². The van der Waals surface area contributed by atoms with Crippen LogP contribution in [0, 0.1) is 5.92 Å². The van der Waals surface area contributed by atoms with Gasteiger partial charge in [0.05, 0.1) is 19.6 Å². The van der Waals surface area contributed by atoms with Crippen molar-refractivity contribution in [3.8, 4) is 0 Å². The van der Waals surface area contributed by atoms with E-state index in [4.69, 9.17) is 9.47 Å². The van der Waals surface area contributed by atoms with Crippen LogP contribution in [0.15, 0.2) is 0 Å². The molecule has 4 nitrogen and oxygen atoms in total. The fourth-order valence-electron chi connectivity index (χ4n) is 2.45. The van der Waals surface area contributed by atoms with Gasteiger partial charge in [0.1, 0.15) is 0 Å². The second-order valence-corrected chi connectivity index (χ2v) is 5.80. The molecule has 1 aliphatic rings. The average molecular weight is 271 g/mol. The number of rotatable bonds is 9. The van der Waals surface area contributed by atoms with Crippen LogP contribution in [-0.2, 0) is 14.3 Å². The molecule has 0 spiro atoms. The van der Waals surface area contributed by atoms with E-state index in [1.54, 1.807) is 0 Å². The Morgan fingerprint density at radius 2 is 2.21 bits per heavy atom. The van der Waals surface area contributed by atoms with Gasteiger partial charge in [0, 0.05) is 19.7 Å². The molecule has 0 bridgehead atoms. The number of methoxy groups -OCH3 is 1. The predicted molar refractivity (Wildman–Crippen MR) is 76.1 cm³/mol. The summed E-state index contributed by atoms with van der Waals surface area (Å²) >= 11 is 0. The molecule has 1 atom stereocenters. The molecule has 1 unspecified atom stereocenters. The molecule has 0 aromatic rings. The monoisotopic (exact) mass is 271 g/mol. The summed E-state index contributed by atoms with van der Waals surface area (Å²) in [4.78, 5) is 13.6. The summed E-state index contributed by atoms with van der Waals surface area (Å²) in [5, 5.41) is 0. The Hall–Kier alpha value is -0.610. The smallest absolute Gasteiger partial charge is 0.306 e. The van der Waals surface area contributed by atoms with Gasteiger partial charge in [0.25, 0.3) is 0 Å². The first-order valence-electron chi connectivity index (χ1n) is 7.52.